The smallest absolute Gasteiger partial charge is 0.00708 e. The Morgan fingerprint density at radius 3 is 1.20 bits per heavy atom. The van der Waals surface area contributed by atoms with Crippen molar-refractivity contribution in [3.63, 3.8) is 0 Å². The van der Waals surface area contributed by atoms with Gasteiger partial charge in [0.15, 0.2) is 0 Å². The summed E-state index contributed by atoms with van der Waals surface area (Å²) in [5, 5.41) is 7.82. The quantitative estimate of drug-likeness (QED) is 0.771. The molecule has 116 valence electrons. The van der Waals surface area contributed by atoms with Crippen LogP contribution in [-0.4, -0.2) is 24.2 Å². The van der Waals surface area contributed by atoms with E-state index in [0.717, 1.165) is 36.0 Å². The maximum absolute atomic E-state index is 3.91. The van der Waals surface area contributed by atoms with Crippen molar-refractivity contribution < 1.29 is 0 Å². The van der Waals surface area contributed by atoms with Gasteiger partial charge in [0.2, 0.25) is 0 Å². The number of rotatable bonds is 6. The summed E-state index contributed by atoms with van der Waals surface area (Å²) in [6.07, 6.45) is 14.3. The lowest BCUT2D eigenvalue weighted by Crippen LogP contribution is -2.49. The van der Waals surface area contributed by atoms with E-state index in [4.69, 9.17) is 0 Å². The van der Waals surface area contributed by atoms with E-state index in [1.54, 1.807) is 0 Å². The molecule has 2 nitrogen and oxygen atoms in total. The fourth-order valence-corrected chi connectivity index (χ4v) is 4.32. The van der Waals surface area contributed by atoms with E-state index in [9.17, 15) is 0 Å². The molecule has 0 saturated heterocycles. The highest BCUT2D eigenvalue weighted by Crippen LogP contribution is 2.32. The molecule has 2 N–H and O–H groups in total. The van der Waals surface area contributed by atoms with E-state index in [1.807, 2.05) is 0 Å². The van der Waals surface area contributed by atoms with E-state index in [1.165, 1.54) is 64.2 Å². The molecule has 0 aromatic heterocycles. The molecule has 3 fully saturated rings. The fraction of sp³-hybridized carbons (Fsp3) is 1.00. The van der Waals surface area contributed by atoms with Gasteiger partial charge in [-0.05, 0) is 77.0 Å². The molecular formula is C18H34N2. The second-order valence-electron chi connectivity index (χ2n) is 7.84. The highest BCUT2D eigenvalue weighted by molar-refractivity contribution is 4.88. The first-order valence-electron chi connectivity index (χ1n) is 9.24. The maximum Gasteiger partial charge on any atom is 0.00708 e. The van der Waals surface area contributed by atoms with E-state index in [2.05, 4.69) is 24.5 Å². The molecule has 0 amide bonds. The van der Waals surface area contributed by atoms with Crippen LogP contribution in [0.15, 0.2) is 0 Å². The van der Waals surface area contributed by atoms with Crippen LogP contribution in [0.4, 0.5) is 0 Å². The van der Waals surface area contributed by atoms with E-state index >= 15 is 0 Å². The standard InChI is InChI=1S/C18H34N2/c1-13(15-5-3-6-15)19-17-9-11-18(12-10-17)20-14(2)16-7-4-8-16/h13-20H,3-12H2,1-2H3. The Kier molecular flexibility index (Phi) is 5.04. The van der Waals surface area contributed by atoms with Gasteiger partial charge in [-0.2, -0.15) is 0 Å². The molecule has 3 rings (SSSR count). The van der Waals surface area contributed by atoms with Gasteiger partial charge in [0, 0.05) is 24.2 Å². The van der Waals surface area contributed by atoms with Crippen LogP contribution in [0.5, 0.6) is 0 Å². The number of nitrogens with one attached hydrogen (secondary N) is 2. The number of hydrogen-bond acceptors (Lipinski definition) is 2. The summed E-state index contributed by atoms with van der Waals surface area (Å²) in [6.45, 7) is 4.82. The Hall–Kier alpha value is -0.0800. The van der Waals surface area contributed by atoms with E-state index in [-0.39, 0.29) is 0 Å². The lowest BCUT2D eigenvalue weighted by molar-refractivity contribution is 0.184. The van der Waals surface area contributed by atoms with Crippen molar-refractivity contribution >= 4 is 0 Å². The Morgan fingerprint density at radius 2 is 0.950 bits per heavy atom. The van der Waals surface area contributed by atoms with Crippen molar-refractivity contribution in [2.75, 3.05) is 0 Å². The zero-order valence-electron chi connectivity index (χ0n) is 13.5. The molecule has 2 heteroatoms. The van der Waals surface area contributed by atoms with E-state index in [0.29, 0.717) is 0 Å². The van der Waals surface area contributed by atoms with Crippen molar-refractivity contribution in [3.05, 3.63) is 0 Å². The molecule has 0 spiro atoms. The molecule has 0 bridgehead atoms. The van der Waals surface area contributed by atoms with Crippen LogP contribution in [0.25, 0.3) is 0 Å². The minimum Gasteiger partial charge on any atom is -0.311 e. The van der Waals surface area contributed by atoms with Crippen molar-refractivity contribution in [1.82, 2.24) is 10.6 Å². The van der Waals surface area contributed by atoms with Crippen LogP contribution in [-0.2, 0) is 0 Å². The Labute approximate surface area is 125 Å². The van der Waals surface area contributed by atoms with E-state index < -0.39 is 0 Å². The molecule has 2 atom stereocenters. The van der Waals surface area contributed by atoms with Crippen LogP contribution >= 0.6 is 0 Å². The van der Waals surface area contributed by atoms with Crippen LogP contribution in [0.1, 0.15) is 78.1 Å². The van der Waals surface area contributed by atoms with Gasteiger partial charge >= 0.3 is 0 Å². The summed E-state index contributed by atoms with van der Waals surface area (Å²) in [6, 6.07) is 3.10. The minimum atomic E-state index is 0.757. The Morgan fingerprint density at radius 1 is 0.600 bits per heavy atom. The SMILES string of the molecule is CC(NC1CCC(NC(C)C2CCC2)CC1)C1CCC1. The lowest BCUT2D eigenvalue weighted by atomic mass is 9.79. The lowest BCUT2D eigenvalue weighted by Gasteiger charge is -2.39. The molecule has 20 heavy (non-hydrogen) atoms. The van der Waals surface area contributed by atoms with Crippen molar-refractivity contribution in [1.29, 1.82) is 0 Å². The van der Waals surface area contributed by atoms with Gasteiger partial charge < -0.3 is 10.6 Å². The third-order valence-electron chi connectivity index (χ3n) is 6.44. The largest absolute Gasteiger partial charge is 0.311 e. The summed E-state index contributed by atoms with van der Waals surface area (Å²) >= 11 is 0. The molecule has 0 aromatic carbocycles. The van der Waals surface area contributed by atoms with Crippen LogP contribution in [0, 0.1) is 11.8 Å². The average Bonchev–Trinajstić information content (AvgIpc) is 2.26. The highest BCUT2D eigenvalue weighted by Gasteiger charge is 2.30. The normalized spacial score (nSPS) is 35.1. The monoisotopic (exact) mass is 278 g/mol. The fourth-order valence-electron chi connectivity index (χ4n) is 4.32. The summed E-state index contributed by atoms with van der Waals surface area (Å²) < 4.78 is 0. The molecule has 0 heterocycles. The summed E-state index contributed by atoms with van der Waals surface area (Å²) in [7, 11) is 0. The van der Waals surface area contributed by atoms with Gasteiger partial charge in [-0.1, -0.05) is 12.8 Å². The maximum atomic E-state index is 3.91. The number of hydrogen-bond donors (Lipinski definition) is 2. The third kappa shape index (κ3) is 3.57. The van der Waals surface area contributed by atoms with Crippen molar-refractivity contribution in [2.45, 2.75) is 102 Å². The summed E-state index contributed by atoms with van der Waals surface area (Å²) in [4.78, 5) is 0. The zero-order chi connectivity index (χ0) is 13.9. The second-order valence-corrected chi connectivity index (χ2v) is 7.84. The molecule has 2 unspecified atom stereocenters. The van der Waals surface area contributed by atoms with Crippen molar-refractivity contribution in [3.8, 4) is 0 Å². The molecule has 0 aliphatic heterocycles. The summed E-state index contributed by atoms with van der Waals surface area (Å²) in [5.74, 6) is 1.95. The Bertz CT molecular complexity index is 258. The van der Waals surface area contributed by atoms with Gasteiger partial charge in [-0.3, -0.25) is 0 Å². The average molecular weight is 278 g/mol. The topological polar surface area (TPSA) is 24.1 Å². The molecular weight excluding hydrogens is 244 g/mol. The molecule has 3 saturated carbocycles. The highest BCUT2D eigenvalue weighted by atomic mass is 15.0. The molecule has 0 radical (unpaired) electrons. The predicted molar refractivity (Wildman–Crippen MR) is 85.9 cm³/mol. The second kappa shape index (κ2) is 6.79. The first-order chi connectivity index (χ1) is 9.72. The van der Waals surface area contributed by atoms with Gasteiger partial charge in [0.25, 0.3) is 0 Å². The summed E-state index contributed by atoms with van der Waals surface area (Å²) in [5.41, 5.74) is 0. The van der Waals surface area contributed by atoms with Crippen LogP contribution < -0.4 is 10.6 Å². The van der Waals surface area contributed by atoms with Gasteiger partial charge in [-0.25, -0.2) is 0 Å². The first kappa shape index (κ1) is 14.8. The van der Waals surface area contributed by atoms with Gasteiger partial charge in [0.05, 0.1) is 0 Å². The van der Waals surface area contributed by atoms with Gasteiger partial charge in [-0.15, -0.1) is 0 Å². The van der Waals surface area contributed by atoms with Gasteiger partial charge in [0.1, 0.15) is 0 Å². The zero-order valence-corrected chi connectivity index (χ0v) is 13.5. The van der Waals surface area contributed by atoms with Crippen LogP contribution in [0.2, 0.25) is 0 Å². The first-order valence-corrected chi connectivity index (χ1v) is 9.24. The van der Waals surface area contributed by atoms with Crippen LogP contribution in [0.3, 0.4) is 0 Å². The Balaban J connectivity index is 1.33. The minimum absolute atomic E-state index is 0.757. The molecule has 3 aliphatic rings. The molecule has 3 aliphatic carbocycles. The third-order valence-corrected chi connectivity index (χ3v) is 6.44. The van der Waals surface area contributed by atoms with Crippen molar-refractivity contribution in [2.24, 2.45) is 11.8 Å². The molecule has 0 aromatic rings. The predicted octanol–water partition coefficient (Wildman–Crippen LogP) is 3.85.